The van der Waals surface area contributed by atoms with Crippen LogP contribution in [0.25, 0.3) is 0 Å². The Morgan fingerprint density at radius 3 is 2.18 bits per heavy atom. The summed E-state index contributed by atoms with van der Waals surface area (Å²) in [5, 5.41) is 10.7. The average molecular weight is 389 g/mol. The van der Waals surface area contributed by atoms with Crippen molar-refractivity contribution in [3.63, 3.8) is 0 Å². The fourth-order valence-corrected chi connectivity index (χ4v) is 4.85. The first kappa shape index (κ1) is 21.3. The molecular formula is C23H36N2O3. The molecule has 5 nitrogen and oxygen atoms in total. The highest BCUT2D eigenvalue weighted by molar-refractivity contribution is 5.82. The summed E-state index contributed by atoms with van der Waals surface area (Å²) in [7, 11) is 0. The molecule has 0 radical (unpaired) electrons. The van der Waals surface area contributed by atoms with E-state index in [0.29, 0.717) is 0 Å². The molecule has 1 aromatic carbocycles. The molecule has 2 heterocycles. The largest absolute Gasteiger partial charge is 0.388 e. The second-order valence-corrected chi connectivity index (χ2v) is 8.92. The van der Waals surface area contributed by atoms with Gasteiger partial charge in [-0.2, -0.15) is 0 Å². The maximum atomic E-state index is 13.4. The number of piperidine rings is 1. The van der Waals surface area contributed by atoms with Gasteiger partial charge in [-0.05, 0) is 44.1 Å². The van der Waals surface area contributed by atoms with Crippen molar-refractivity contribution in [2.45, 2.75) is 64.9 Å². The maximum absolute atomic E-state index is 13.4. The number of carbonyl (C=O) groups excluding carboxylic acids is 1. The SMILES string of the molecule is CC1CN(C(C(=O)N2CCC(C(O)c3ccccc3)CC2)C(C)C)CC(C)O1. The minimum Gasteiger partial charge on any atom is -0.388 e. The summed E-state index contributed by atoms with van der Waals surface area (Å²) in [6.07, 6.45) is 1.57. The Labute approximate surface area is 169 Å². The van der Waals surface area contributed by atoms with Crippen molar-refractivity contribution >= 4 is 5.91 Å². The lowest BCUT2D eigenvalue weighted by atomic mass is 9.87. The number of benzene rings is 1. The van der Waals surface area contributed by atoms with E-state index in [1.807, 2.05) is 35.2 Å². The monoisotopic (exact) mass is 388 g/mol. The Balaban J connectivity index is 1.61. The van der Waals surface area contributed by atoms with Crippen molar-refractivity contribution < 1.29 is 14.6 Å². The molecule has 1 amide bonds. The molecule has 0 saturated carbocycles. The number of ether oxygens (including phenoxy) is 1. The minimum absolute atomic E-state index is 0.0932. The fourth-order valence-electron chi connectivity index (χ4n) is 4.85. The normalized spacial score (nSPS) is 27.0. The van der Waals surface area contributed by atoms with Crippen molar-refractivity contribution in [3.05, 3.63) is 35.9 Å². The zero-order valence-corrected chi connectivity index (χ0v) is 17.8. The molecule has 0 bridgehead atoms. The molecule has 2 fully saturated rings. The summed E-state index contributed by atoms with van der Waals surface area (Å²) in [5.41, 5.74) is 0.976. The van der Waals surface area contributed by atoms with Crippen molar-refractivity contribution in [3.8, 4) is 0 Å². The van der Waals surface area contributed by atoms with Gasteiger partial charge >= 0.3 is 0 Å². The number of morpholine rings is 1. The summed E-state index contributed by atoms with van der Waals surface area (Å²) >= 11 is 0. The van der Waals surface area contributed by atoms with Crippen LogP contribution in [-0.2, 0) is 9.53 Å². The topological polar surface area (TPSA) is 53.0 Å². The van der Waals surface area contributed by atoms with E-state index in [-0.39, 0.29) is 36.0 Å². The lowest BCUT2D eigenvalue weighted by molar-refractivity contribution is -0.147. The minimum atomic E-state index is -0.444. The summed E-state index contributed by atoms with van der Waals surface area (Å²) in [4.78, 5) is 17.7. The van der Waals surface area contributed by atoms with Gasteiger partial charge < -0.3 is 14.7 Å². The molecule has 0 aliphatic carbocycles. The molecule has 1 aromatic rings. The van der Waals surface area contributed by atoms with Crippen molar-refractivity contribution in [1.29, 1.82) is 0 Å². The molecule has 4 unspecified atom stereocenters. The van der Waals surface area contributed by atoms with Gasteiger partial charge in [-0.25, -0.2) is 0 Å². The first-order valence-corrected chi connectivity index (χ1v) is 10.8. The Kier molecular flexibility index (Phi) is 7.13. The van der Waals surface area contributed by atoms with E-state index in [2.05, 4.69) is 32.6 Å². The van der Waals surface area contributed by atoms with Crippen LogP contribution in [0.3, 0.4) is 0 Å². The molecule has 1 N–H and O–H groups in total. The summed E-state index contributed by atoms with van der Waals surface area (Å²) in [6, 6.07) is 9.78. The van der Waals surface area contributed by atoms with E-state index in [1.165, 1.54) is 0 Å². The number of hydrogen-bond acceptors (Lipinski definition) is 4. The summed E-state index contributed by atoms with van der Waals surface area (Å²) in [5.74, 6) is 0.717. The van der Waals surface area contributed by atoms with Crippen LogP contribution < -0.4 is 0 Å². The van der Waals surface area contributed by atoms with Crippen molar-refractivity contribution in [2.24, 2.45) is 11.8 Å². The molecule has 3 rings (SSSR count). The van der Waals surface area contributed by atoms with Crippen LogP contribution >= 0.6 is 0 Å². The Morgan fingerprint density at radius 2 is 1.64 bits per heavy atom. The van der Waals surface area contributed by atoms with E-state index in [4.69, 9.17) is 4.74 Å². The highest BCUT2D eigenvalue weighted by Crippen LogP contribution is 2.31. The number of amides is 1. The third kappa shape index (κ3) is 4.94. The van der Waals surface area contributed by atoms with Crippen LogP contribution in [-0.4, -0.2) is 65.2 Å². The third-order valence-electron chi connectivity index (χ3n) is 6.16. The van der Waals surface area contributed by atoms with Gasteiger partial charge in [0.25, 0.3) is 0 Å². The Morgan fingerprint density at radius 1 is 1.07 bits per heavy atom. The van der Waals surface area contributed by atoms with E-state index >= 15 is 0 Å². The zero-order valence-electron chi connectivity index (χ0n) is 17.8. The lowest BCUT2D eigenvalue weighted by Crippen LogP contribution is -2.58. The predicted octanol–water partition coefficient (Wildman–Crippen LogP) is 3.09. The summed E-state index contributed by atoms with van der Waals surface area (Å²) in [6.45, 7) is 11.5. The molecule has 2 aliphatic rings. The molecule has 0 aromatic heterocycles. The van der Waals surface area contributed by atoms with Gasteiger partial charge in [0.2, 0.25) is 5.91 Å². The second-order valence-electron chi connectivity index (χ2n) is 8.92. The lowest BCUT2D eigenvalue weighted by Gasteiger charge is -2.44. The molecule has 4 atom stereocenters. The van der Waals surface area contributed by atoms with E-state index < -0.39 is 6.10 Å². The van der Waals surface area contributed by atoms with Crippen LogP contribution in [0.1, 0.15) is 52.2 Å². The van der Waals surface area contributed by atoms with Gasteiger partial charge in [0, 0.05) is 26.2 Å². The highest BCUT2D eigenvalue weighted by atomic mass is 16.5. The molecule has 2 saturated heterocycles. The zero-order chi connectivity index (χ0) is 20.3. The summed E-state index contributed by atoms with van der Waals surface area (Å²) < 4.78 is 5.86. The maximum Gasteiger partial charge on any atom is 0.240 e. The van der Waals surface area contributed by atoms with Crippen molar-refractivity contribution in [2.75, 3.05) is 26.2 Å². The average Bonchev–Trinajstić information content (AvgIpc) is 2.67. The van der Waals surface area contributed by atoms with Gasteiger partial charge in [0.15, 0.2) is 0 Å². The molecule has 156 valence electrons. The first-order valence-electron chi connectivity index (χ1n) is 10.8. The molecule has 5 heteroatoms. The number of nitrogens with zero attached hydrogens (tertiary/aromatic N) is 2. The van der Waals surface area contributed by atoms with E-state index in [1.54, 1.807) is 0 Å². The number of aliphatic hydroxyl groups is 1. The quantitative estimate of drug-likeness (QED) is 0.842. The van der Waals surface area contributed by atoms with E-state index in [0.717, 1.165) is 44.6 Å². The van der Waals surface area contributed by atoms with Gasteiger partial charge in [-0.15, -0.1) is 0 Å². The van der Waals surface area contributed by atoms with Gasteiger partial charge in [-0.3, -0.25) is 9.69 Å². The number of carbonyl (C=O) groups is 1. The number of likely N-dealkylation sites (tertiary alicyclic amines) is 1. The van der Waals surface area contributed by atoms with Gasteiger partial charge in [0.1, 0.15) is 0 Å². The van der Waals surface area contributed by atoms with Crippen LogP contribution in [0, 0.1) is 11.8 Å². The van der Waals surface area contributed by atoms with E-state index in [9.17, 15) is 9.90 Å². The van der Waals surface area contributed by atoms with Gasteiger partial charge in [0.05, 0.1) is 24.4 Å². The number of aliphatic hydroxyl groups excluding tert-OH is 1. The molecule has 2 aliphatic heterocycles. The van der Waals surface area contributed by atoms with Crippen LogP contribution in [0.2, 0.25) is 0 Å². The van der Waals surface area contributed by atoms with Crippen molar-refractivity contribution in [1.82, 2.24) is 9.80 Å². The Bertz CT molecular complexity index is 618. The standard InChI is InChI=1S/C23H36N2O3/c1-16(2)21(25-14-17(3)28-18(4)15-25)23(27)24-12-10-20(11-13-24)22(26)19-8-6-5-7-9-19/h5-9,16-18,20-22,26H,10-15H2,1-4H3. The van der Waals surface area contributed by atoms with Crippen LogP contribution in [0.5, 0.6) is 0 Å². The second kappa shape index (κ2) is 9.38. The first-order chi connectivity index (χ1) is 13.4. The Hall–Kier alpha value is -1.43. The molecule has 0 spiro atoms. The predicted molar refractivity (Wildman–Crippen MR) is 111 cm³/mol. The number of rotatable bonds is 5. The van der Waals surface area contributed by atoms with Gasteiger partial charge in [-0.1, -0.05) is 44.2 Å². The fraction of sp³-hybridized carbons (Fsp3) is 0.696. The van der Waals surface area contributed by atoms with Crippen LogP contribution in [0.15, 0.2) is 30.3 Å². The molecule has 28 heavy (non-hydrogen) atoms. The third-order valence-corrected chi connectivity index (χ3v) is 6.16. The number of hydrogen-bond donors (Lipinski definition) is 1. The smallest absolute Gasteiger partial charge is 0.240 e. The molecular weight excluding hydrogens is 352 g/mol. The highest BCUT2D eigenvalue weighted by Gasteiger charge is 2.38. The van der Waals surface area contributed by atoms with Crippen LogP contribution in [0.4, 0.5) is 0 Å².